The van der Waals surface area contributed by atoms with Crippen molar-refractivity contribution in [2.24, 2.45) is 0 Å². The van der Waals surface area contributed by atoms with Crippen LogP contribution in [-0.2, 0) is 13.0 Å². The Labute approximate surface area is 145 Å². The molecule has 0 aliphatic carbocycles. The summed E-state index contributed by atoms with van der Waals surface area (Å²) in [6, 6.07) is 14.5. The number of nitrogens with one attached hydrogen (secondary N) is 1. The molecule has 5 nitrogen and oxygen atoms in total. The molecule has 2 aromatic carbocycles. The molecule has 0 spiro atoms. The number of hydrogen-bond acceptors (Lipinski definition) is 4. The lowest BCUT2D eigenvalue weighted by Crippen LogP contribution is -2.37. The number of nitrogens with zero attached hydrogens (tertiary/aromatic N) is 3. The summed E-state index contributed by atoms with van der Waals surface area (Å²) in [6.45, 7) is 3.75. The fourth-order valence-electron chi connectivity index (χ4n) is 3.77. The fourth-order valence-corrected chi connectivity index (χ4v) is 3.77. The highest BCUT2D eigenvalue weighted by molar-refractivity contribution is 5.82. The number of para-hydroxylation sites is 1. The quantitative estimate of drug-likeness (QED) is 0.801. The van der Waals surface area contributed by atoms with Crippen LogP contribution >= 0.6 is 0 Å². The highest BCUT2D eigenvalue weighted by Crippen LogP contribution is 2.28. The molecule has 5 heteroatoms. The van der Waals surface area contributed by atoms with E-state index in [0.29, 0.717) is 11.9 Å². The molecule has 0 unspecified atom stereocenters. The highest BCUT2D eigenvalue weighted by Gasteiger charge is 2.20. The number of H-pyrrole nitrogens is 1. The molecule has 1 N–H and O–H groups in total. The first-order valence-corrected chi connectivity index (χ1v) is 8.89. The van der Waals surface area contributed by atoms with E-state index in [0.717, 1.165) is 43.1 Å². The molecule has 5 rings (SSSR count). The zero-order chi connectivity index (χ0) is 16.8. The smallest absolute Gasteiger partial charge is 0.258 e. The molecule has 25 heavy (non-hydrogen) atoms. The molecule has 1 aromatic heterocycles. The van der Waals surface area contributed by atoms with Crippen LogP contribution in [0.1, 0.15) is 17.8 Å². The molecule has 3 aromatic rings. The van der Waals surface area contributed by atoms with Crippen LogP contribution in [0.3, 0.4) is 0 Å². The first kappa shape index (κ1) is 14.5. The first-order valence-electron chi connectivity index (χ1n) is 8.89. The number of rotatable bonds is 3. The minimum absolute atomic E-state index is 0.0464. The number of anilines is 2. The van der Waals surface area contributed by atoms with Gasteiger partial charge < -0.3 is 14.8 Å². The van der Waals surface area contributed by atoms with Crippen LogP contribution in [0.2, 0.25) is 0 Å². The van der Waals surface area contributed by atoms with Crippen LogP contribution in [0.15, 0.2) is 47.3 Å². The lowest BCUT2D eigenvalue weighted by molar-refractivity contribution is 0.618. The number of hydrogen-bond donors (Lipinski definition) is 1. The summed E-state index contributed by atoms with van der Waals surface area (Å²) in [4.78, 5) is 24.8. The Morgan fingerprint density at radius 3 is 2.80 bits per heavy atom. The Balaban J connectivity index is 1.47. The van der Waals surface area contributed by atoms with Crippen molar-refractivity contribution in [2.75, 3.05) is 29.4 Å². The highest BCUT2D eigenvalue weighted by atomic mass is 16.1. The van der Waals surface area contributed by atoms with Gasteiger partial charge in [-0.2, -0.15) is 0 Å². The first-order chi connectivity index (χ1) is 12.3. The van der Waals surface area contributed by atoms with Gasteiger partial charge in [0.2, 0.25) is 0 Å². The Kier molecular flexibility index (Phi) is 3.26. The Morgan fingerprint density at radius 1 is 1.08 bits per heavy atom. The third-order valence-electron chi connectivity index (χ3n) is 5.28. The van der Waals surface area contributed by atoms with Crippen molar-refractivity contribution in [3.05, 3.63) is 64.2 Å². The van der Waals surface area contributed by atoms with Gasteiger partial charge in [0.15, 0.2) is 0 Å². The number of aromatic amines is 1. The summed E-state index contributed by atoms with van der Waals surface area (Å²) in [5.74, 6) is 0.728. The lowest BCUT2D eigenvalue weighted by atomic mass is 10.1. The van der Waals surface area contributed by atoms with E-state index >= 15 is 0 Å². The van der Waals surface area contributed by atoms with E-state index in [-0.39, 0.29) is 5.56 Å². The maximum atomic E-state index is 12.6. The third kappa shape index (κ3) is 2.47. The summed E-state index contributed by atoms with van der Waals surface area (Å²) in [5.41, 5.74) is 4.46. The maximum absolute atomic E-state index is 12.6. The molecule has 1 fully saturated rings. The summed E-state index contributed by atoms with van der Waals surface area (Å²) in [5, 5.41) is 0.676. The monoisotopic (exact) mass is 332 g/mol. The number of aromatic nitrogens is 2. The van der Waals surface area contributed by atoms with Crippen LogP contribution < -0.4 is 15.4 Å². The zero-order valence-electron chi connectivity index (χ0n) is 14.0. The molecule has 2 aliphatic heterocycles. The molecule has 0 saturated carbocycles. The second-order valence-corrected chi connectivity index (χ2v) is 6.85. The average molecular weight is 332 g/mol. The van der Waals surface area contributed by atoms with Gasteiger partial charge in [0.05, 0.1) is 17.4 Å². The van der Waals surface area contributed by atoms with Crippen LogP contribution in [0.4, 0.5) is 11.4 Å². The summed E-state index contributed by atoms with van der Waals surface area (Å²) < 4.78 is 0. The van der Waals surface area contributed by atoms with Crippen molar-refractivity contribution >= 4 is 22.3 Å². The molecule has 1 saturated heterocycles. The zero-order valence-corrected chi connectivity index (χ0v) is 14.0. The van der Waals surface area contributed by atoms with Gasteiger partial charge in [-0.25, -0.2) is 4.98 Å². The van der Waals surface area contributed by atoms with E-state index in [2.05, 4.69) is 45.1 Å². The van der Waals surface area contributed by atoms with E-state index in [1.807, 2.05) is 12.1 Å². The molecular weight excluding hydrogens is 312 g/mol. The third-order valence-corrected chi connectivity index (χ3v) is 5.28. The summed E-state index contributed by atoms with van der Waals surface area (Å²) in [7, 11) is 0. The van der Waals surface area contributed by atoms with Gasteiger partial charge in [-0.15, -0.1) is 0 Å². The average Bonchev–Trinajstić information content (AvgIpc) is 2.97. The van der Waals surface area contributed by atoms with Crippen LogP contribution in [0.25, 0.3) is 10.9 Å². The van der Waals surface area contributed by atoms with E-state index < -0.39 is 0 Å². The minimum Gasteiger partial charge on any atom is -0.371 e. The van der Waals surface area contributed by atoms with E-state index in [4.69, 9.17) is 4.98 Å². The van der Waals surface area contributed by atoms with Gasteiger partial charge in [0, 0.05) is 31.0 Å². The molecule has 0 bridgehead atoms. The van der Waals surface area contributed by atoms with Crippen LogP contribution in [-0.4, -0.2) is 29.6 Å². The van der Waals surface area contributed by atoms with Crippen molar-refractivity contribution in [2.45, 2.75) is 19.4 Å². The predicted octanol–water partition coefficient (Wildman–Crippen LogP) is 2.70. The van der Waals surface area contributed by atoms with Crippen molar-refractivity contribution in [1.82, 2.24) is 9.97 Å². The predicted molar refractivity (Wildman–Crippen MR) is 100 cm³/mol. The largest absolute Gasteiger partial charge is 0.371 e. The van der Waals surface area contributed by atoms with E-state index in [1.54, 1.807) is 0 Å². The number of benzene rings is 2. The SMILES string of the molecule is O=c1[nH]c(CN2CCc3ccccc32)nc2ccc(N3CCC3)cc12. The van der Waals surface area contributed by atoms with E-state index in [9.17, 15) is 4.79 Å². The second-order valence-electron chi connectivity index (χ2n) is 6.85. The Morgan fingerprint density at radius 2 is 1.96 bits per heavy atom. The summed E-state index contributed by atoms with van der Waals surface area (Å²) >= 11 is 0. The normalized spacial score (nSPS) is 16.2. The standard InChI is InChI=1S/C20H20N4O/c25-20-16-12-15(23-9-3-10-23)6-7-17(16)21-19(22-20)13-24-11-8-14-4-1-2-5-18(14)24/h1-2,4-7,12H,3,8-11,13H2,(H,21,22,25). The van der Waals surface area contributed by atoms with Gasteiger partial charge in [0.25, 0.3) is 5.56 Å². The molecule has 0 atom stereocenters. The lowest BCUT2D eigenvalue weighted by Gasteiger charge is -2.33. The van der Waals surface area contributed by atoms with E-state index in [1.165, 1.54) is 17.7 Å². The van der Waals surface area contributed by atoms with Crippen molar-refractivity contribution in [1.29, 1.82) is 0 Å². The van der Waals surface area contributed by atoms with Crippen molar-refractivity contribution in [3.63, 3.8) is 0 Å². The molecular formula is C20H20N4O. The van der Waals surface area contributed by atoms with Gasteiger partial charge in [-0.1, -0.05) is 18.2 Å². The summed E-state index contributed by atoms with van der Waals surface area (Å²) in [6.07, 6.45) is 2.27. The fraction of sp³-hybridized carbons (Fsp3) is 0.300. The van der Waals surface area contributed by atoms with Crippen LogP contribution in [0, 0.1) is 0 Å². The second kappa shape index (κ2) is 5.62. The minimum atomic E-state index is -0.0464. The molecule has 3 heterocycles. The van der Waals surface area contributed by atoms with Crippen molar-refractivity contribution in [3.8, 4) is 0 Å². The molecule has 2 aliphatic rings. The Hall–Kier alpha value is -2.82. The molecule has 0 amide bonds. The Bertz CT molecular complexity index is 1010. The van der Waals surface area contributed by atoms with Crippen LogP contribution in [0.5, 0.6) is 0 Å². The molecule has 126 valence electrons. The van der Waals surface area contributed by atoms with Gasteiger partial charge in [-0.05, 0) is 42.7 Å². The van der Waals surface area contributed by atoms with Crippen molar-refractivity contribution < 1.29 is 0 Å². The topological polar surface area (TPSA) is 52.2 Å². The van der Waals surface area contributed by atoms with Gasteiger partial charge in [-0.3, -0.25) is 4.79 Å². The molecule has 0 radical (unpaired) electrons. The number of fused-ring (bicyclic) bond motifs is 2. The van der Waals surface area contributed by atoms with Gasteiger partial charge in [0.1, 0.15) is 5.82 Å². The maximum Gasteiger partial charge on any atom is 0.258 e. The van der Waals surface area contributed by atoms with Gasteiger partial charge >= 0.3 is 0 Å².